The zero-order chi connectivity index (χ0) is 17.6. The molecule has 0 aliphatic carbocycles. The van der Waals surface area contributed by atoms with Crippen LogP contribution in [0.25, 0.3) is 22.0 Å². The minimum atomic E-state index is 0.0573. The van der Waals surface area contributed by atoms with Crippen molar-refractivity contribution in [2.24, 2.45) is 0 Å². The van der Waals surface area contributed by atoms with Crippen LogP contribution in [-0.2, 0) is 6.42 Å². The van der Waals surface area contributed by atoms with Crippen LogP contribution in [0.15, 0.2) is 48.7 Å². The first-order valence-electron chi connectivity index (χ1n) is 9.61. The van der Waals surface area contributed by atoms with E-state index in [1.54, 1.807) is 0 Å². The second-order valence-electron chi connectivity index (χ2n) is 7.73. The van der Waals surface area contributed by atoms with Gasteiger partial charge in [-0.25, -0.2) is 0 Å². The molecule has 1 N–H and O–H groups in total. The van der Waals surface area contributed by atoms with E-state index in [-0.39, 0.29) is 5.60 Å². The summed E-state index contributed by atoms with van der Waals surface area (Å²) in [5, 5.41) is 4.64. The number of piperidine rings is 1. The molecule has 0 radical (unpaired) electrons. The first-order chi connectivity index (χ1) is 12.7. The van der Waals surface area contributed by atoms with Gasteiger partial charge in [-0.3, -0.25) is 4.98 Å². The van der Waals surface area contributed by atoms with Gasteiger partial charge in [-0.15, -0.1) is 0 Å². The lowest BCUT2D eigenvalue weighted by Crippen LogP contribution is -2.48. The third kappa shape index (κ3) is 2.67. The van der Waals surface area contributed by atoms with Gasteiger partial charge in [0.05, 0.1) is 5.52 Å². The fraction of sp³-hybridized carbons (Fsp3) is 0.348. The van der Waals surface area contributed by atoms with Crippen LogP contribution in [0.4, 0.5) is 0 Å². The van der Waals surface area contributed by atoms with E-state index < -0.39 is 0 Å². The zero-order valence-corrected chi connectivity index (χ0v) is 15.2. The summed E-state index contributed by atoms with van der Waals surface area (Å²) in [6.07, 6.45) is 6.45. The van der Waals surface area contributed by atoms with Crippen LogP contribution in [-0.4, -0.2) is 23.7 Å². The predicted octanol–water partition coefficient (Wildman–Crippen LogP) is 4.66. The standard InChI is InChI=1S/C23H24N2O/c1-16-3-2-4-19-14-20(15-25-22(16)19)17-5-6-21-18(13-17)7-8-23(26-21)9-11-24-12-10-23/h2-6,13-15,24H,7-12H2,1H3. The highest BCUT2D eigenvalue weighted by Crippen LogP contribution is 2.39. The number of hydrogen-bond acceptors (Lipinski definition) is 3. The highest BCUT2D eigenvalue weighted by atomic mass is 16.5. The van der Waals surface area contributed by atoms with Gasteiger partial charge in [-0.1, -0.05) is 24.3 Å². The summed E-state index contributed by atoms with van der Waals surface area (Å²) in [5.74, 6) is 1.08. The van der Waals surface area contributed by atoms with Crippen molar-refractivity contribution in [3.05, 3.63) is 59.8 Å². The van der Waals surface area contributed by atoms with E-state index >= 15 is 0 Å². The molecule has 0 bridgehead atoms. The molecule has 2 aliphatic heterocycles. The second-order valence-corrected chi connectivity index (χ2v) is 7.73. The molecule has 3 heteroatoms. The Labute approximate surface area is 154 Å². The van der Waals surface area contributed by atoms with Crippen molar-refractivity contribution in [2.45, 2.75) is 38.2 Å². The number of pyridine rings is 1. The number of fused-ring (bicyclic) bond motifs is 2. The predicted molar refractivity (Wildman–Crippen MR) is 106 cm³/mol. The highest BCUT2D eigenvalue weighted by Gasteiger charge is 2.37. The number of aromatic nitrogens is 1. The molecule has 0 saturated carbocycles. The Bertz CT molecular complexity index is 973. The van der Waals surface area contributed by atoms with Crippen molar-refractivity contribution in [1.82, 2.24) is 10.3 Å². The monoisotopic (exact) mass is 344 g/mol. The molecule has 1 fully saturated rings. The van der Waals surface area contributed by atoms with E-state index in [9.17, 15) is 0 Å². The maximum Gasteiger partial charge on any atom is 0.123 e. The molecule has 132 valence electrons. The third-order valence-electron chi connectivity index (χ3n) is 6.00. The summed E-state index contributed by atoms with van der Waals surface area (Å²) in [6, 6.07) is 15.2. The van der Waals surface area contributed by atoms with Crippen LogP contribution in [0.3, 0.4) is 0 Å². The van der Waals surface area contributed by atoms with Gasteiger partial charge in [0.1, 0.15) is 11.4 Å². The van der Waals surface area contributed by atoms with E-state index in [0.717, 1.165) is 50.0 Å². The average Bonchev–Trinajstić information content (AvgIpc) is 2.68. The molecule has 0 atom stereocenters. The lowest BCUT2D eigenvalue weighted by Gasteiger charge is -2.41. The quantitative estimate of drug-likeness (QED) is 0.697. The summed E-state index contributed by atoms with van der Waals surface area (Å²) in [5.41, 5.74) is 6.10. The van der Waals surface area contributed by atoms with Crippen molar-refractivity contribution in [3.63, 3.8) is 0 Å². The molecule has 0 unspecified atom stereocenters. The van der Waals surface area contributed by atoms with Crippen molar-refractivity contribution in [3.8, 4) is 16.9 Å². The lowest BCUT2D eigenvalue weighted by molar-refractivity contribution is 0.0170. The number of nitrogens with one attached hydrogen (secondary N) is 1. The molecule has 5 rings (SSSR count). The van der Waals surface area contributed by atoms with Gasteiger partial charge in [-0.2, -0.15) is 0 Å². The van der Waals surface area contributed by atoms with E-state index in [1.165, 1.54) is 27.6 Å². The molecular formula is C23H24N2O. The van der Waals surface area contributed by atoms with E-state index in [0.29, 0.717) is 0 Å². The molecule has 3 heterocycles. The van der Waals surface area contributed by atoms with Crippen molar-refractivity contribution >= 4 is 10.9 Å². The number of rotatable bonds is 1. The van der Waals surface area contributed by atoms with Crippen molar-refractivity contribution in [1.29, 1.82) is 0 Å². The fourth-order valence-electron chi connectivity index (χ4n) is 4.41. The smallest absolute Gasteiger partial charge is 0.123 e. The normalized spacial score (nSPS) is 18.5. The summed E-state index contributed by atoms with van der Waals surface area (Å²) in [6.45, 7) is 4.24. The number of nitrogens with zero attached hydrogens (tertiary/aromatic N) is 1. The molecule has 1 saturated heterocycles. The van der Waals surface area contributed by atoms with Gasteiger partial charge >= 0.3 is 0 Å². The molecular weight excluding hydrogens is 320 g/mol. The second kappa shape index (κ2) is 6.10. The van der Waals surface area contributed by atoms with Gasteiger partial charge in [0.25, 0.3) is 0 Å². The number of benzene rings is 2. The molecule has 26 heavy (non-hydrogen) atoms. The van der Waals surface area contributed by atoms with Crippen LogP contribution in [0.2, 0.25) is 0 Å². The molecule has 1 spiro atoms. The Morgan fingerprint density at radius 2 is 1.88 bits per heavy atom. The molecule has 3 aromatic rings. The summed E-state index contributed by atoms with van der Waals surface area (Å²) >= 11 is 0. The van der Waals surface area contributed by atoms with Crippen LogP contribution in [0, 0.1) is 6.92 Å². The van der Waals surface area contributed by atoms with Crippen molar-refractivity contribution in [2.75, 3.05) is 13.1 Å². The Kier molecular flexibility index (Phi) is 3.71. The first kappa shape index (κ1) is 15.8. The lowest BCUT2D eigenvalue weighted by atomic mass is 9.83. The summed E-state index contributed by atoms with van der Waals surface area (Å²) in [4.78, 5) is 4.70. The number of ether oxygens (including phenoxy) is 1. The molecule has 3 nitrogen and oxygen atoms in total. The topological polar surface area (TPSA) is 34.1 Å². The van der Waals surface area contributed by atoms with E-state index in [2.05, 4.69) is 54.7 Å². The van der Waals surface area contributed by atoms with Gasteiger partial charge in [-0.05, 0) is 80.6 Å². The van der Waals surface area contributed by atoms with Crippen LogP contribution < -0.4 is 10.1 Å². The summed E-state index contributed by atoms with van der Waals surface area (Å²) in [7, 11) is 0. The Morgan fingerprint density at radius 3 is 2.77 bits per heavy atom. The van der Waals surface area contributed by atoms with Crippen molar-refractivity contribution < 1.29 is 4.74 Å². The van der Waals surface area contributed by atoms with Gasteiger partial charge in [0, 0.05) is 17.1 Å². The summed E-state index contributed by atoms with van der Waals surface area (Å²) < 4.78 is 6.48. The van der Waals surface area contributed by atoms with Crippen LogP contribution in [0.5, 0.6) is 5.75 Å². The molecule has 0 amide bonds. The number of aryl methyl sites for hydroxylation is 2. The SMILES string of the molecule is Cc1cccc2cc(-c3ccc4c(c3)CCC3(CCNCC3)O4)cnc12. The third-order valence-corrected chi connectivity index (χ3v) is 6.00. The van der Waals surface area contributed by atoms with Crippen LogP contribution >= 0.6 is 0 Å². The number of hydrogen-bond donors (Lipinski definition) is 1. The number of para-hydroxylation sites is 1. The fourth-order valence-corrected chi connectivity index (χ4v) is 4.41. The Balaban J connectivity index is 1.49. The van der Waals surface area contributed by atoms with Gasteiger partial charge in [0.2, 0.25) is 0 Å². The highest BCUT2D eigenvalue weighted by molar-refractivity contribution is 5.85. The minimum Gasteiger partial charge on any atom is -0.487 e. The van der Waals surface area contributed by atoms with E-state index in [1.807, 2.05) is 6.20 Å². The van der Waals surface area contributed by atoms with E-state index in [4.69, 9.17) is 9.72 Å². The average molecular weight is 344 g/mol. The first-order valence-corrected chi connectivity index (χ1v) is 9.61. The maximum absolute atomic E-state index is 6.48. The zero-order valence-electron chi connectivity index (χ0n) is 15.2. The van der Waals surface area contributed by atoms with Crippen LogP contribution in [0.1, 0.15) is 30.4 Å². The largest absolute Gasteiger partial charge is 0.487 e. The molecule has 2 aromatic carbocycles. The maximum atomic E-state index is 6.48. The minimum absolute atomic E-state index is 0.0573. The Morgan fingerprint density at radius 1 is 1.00 bits per heavy atom. The molecule has 2 aliphatic rings. The van der Waals surface area contributed by atoms with Gasteiger partial charge in [0.15, 0.2) is 0 Å². The molecule has 1 aromatic heterocycles. The van der Waals surface area contributed by atoms with Gasteiger partial charge < -0.3 is 10.1 Å². The Hall–Kier alpha value is -2.39.